The first-order valence-corrected chi connectivity index (χ1v) is 5.26. The number of carboxylic acids is 1. The highest BCUT2D eigenvalue weighted by Crippen LogP contribution is 2.28. The van der Waals surface area contributed by atoms with Crippen molar-refractivity contribution in [3.8, 4) is 5.75 Å². The van der Waals surface area contributed by atoms with E-state index in [1.165, 1.54) is 11.8 Å². The molecule has 17 heavy (non-hydrogen) atoms. The zero-order valence-electron chi connectivity index (χ0n) is 9.42. The molecule has 5 nitrogen and oxygen atoms in total. The summed E-state index contributed by atoms with van der Waals surface area (Å²) < 4.78 is 5.49. The third-order valence-electron chi connectivity index (χ3n) is 2.78. The van der Waals surface area contributed by atoms with Crippen LogP contribution in [-0.4, -0.2) is 40.6 Å². The molecule has 0 aliphatic carbocycles. The molecular weight excluding hydrogens is 222 g/mol. The van der Waals surface area contributed by atoms with Crippen molar-refractivity contribution in [3.63, 3.8) is 0 Å². The summed E-state index contributed by atoms with van der Waals surface area (Å²) in [4.78, 5) is 23.7. The van der Waals surface area contributed by atoms with Gasteiger partial charge in [0.2, 0.25) is 11.5 Å². The zero-order chi connectivity index (χ0) is 12.5. The topological polar surface area (TPSA) is 66.8 Å². The van der Waals surface area contributed by atoms with E-state index < -0.39 is 11.6 Å². The van der Waals surface area contributed by atoms with Crippen molar-refractivity contribution in [3.05, 3.63) is 30.3 Å². The molecule has 1 aromatic carbocycles. The number of carbonyl (C=O) groups excluding carboxylic acids is 1. The van der Waals surface area contributed by atoms with Crippen LogP contribution in [0, 0.1) is 0 Å². The predicted molar refractivity (Wildman–Crippen MR) is 59.7 cm³/mol. The molecule has 0 saturated carbocycles. The number of benzene rings is 1. The second-order valence-corrected chi connectivity index (χ2v) is 4.09. The Hall–Kier alpha value is -2.04. The van der Waals surface area contributed by atoms with Crippen LogP contribution in [0.2, 0.25) is 0 Å². The summed E-state index contributed by atoms with van der Waals surface area (Å²) in [6.07, 6.45) is 0. The standard InChI is InChI=1S/C12H13NO4/c1-9(14)13-7-12(8-13,11(15)16)17-10-5-3-2-4-6-10/h2-6H,7-8H2,1H3,(H,15,16). The SMILES string of the molecule is CC(=O)N1CC(Oc2ccccc2)(C(=O)O)C1. The number of hydrogen-bond donors (Lipinski definition) is 1. The van der Waals surface area contributed by atoms with Crippen molar-refractivity contribution in [2.45, 2.75) is 12.5 Å². The third-order valence-corrected chi connectivity index (χ3v) is 2.78. The van der Waals surface area contributed by atoms with Gasteiger partial charge in [0.15, 0.2) is 0 Å². The van der Waals surface area contributed by atoms with Crippen LogP contribution in [0.5, 0.6) is 5.75 Å². The molecular formula is C12H13NO4. The summed E-state index contributed by atoms with van der Waals surface area (Å²) in [7, 11) is 0. The van der Waals surface area contributed by atoms with Crippen LogP contribution in [-0.2, 0) is 9.59 Å². The molecule has 2 rings (SSSR count). The van der Waals surface area contributed by atoms with E-state index in [0.29, 0.717) is 5.75 Å². The summed E-state index contributed by atoms with van der Waals surface area (Å²) in [5.41, 5.74) is -1.30. The summed E-state index contributed by atoms with van der Waals surface area (Å²) in [6.45, 7) is 1.59. The van der Waals surface area contributed by atoms with Crippen LogP contribution in [0.15, 0.2) is 30.3 Å². The largest absolute Gasteiger partial charge is 0.478 e. The summed E-state index contributed by atoms with van der Waals surface area (Å²) in [5.74, 6) is -0.685. The number of carbonyl (C=O) groups is 2. The van der Waals surface area contributed by atoms with E-state index in [0.717, 1.165) is 0 Å². The molecule has 0 unspecified atom stereocenters. The fourth-order valence-corrected chi connectivity index (χ4v) is 1.75. The maximum Gasteiger partial charge on any atom is 0.351 e. The lowest BCUT2D eigenvalue weighted by Gasteiger charge is -2.45. The first kappa shape index (κ1) is 11.4. The van der Waals surface area contributed by atoms with Gasteiger partial charge in [-0.3, -0.25) is 4.79 Å². The fourth-order valence-electron chi connectivity index (χ4n) is 1.75. The number of nitrogens with zero attached hydrogens (tertiary/aromatic N) is 1. The van der Waals surface area contributed by atoms with Crippen LogP contribution in [0.1, 0.15) is 6.92 Å². The molecule has 1 N–H and O–H groups in total. The van der Waals surface area contributed by atoms with Gasteiger partial charge in [0.25, 0.3) is 0 Å². The molecule has 1 fully saturated rings. The Morgan fingerprint density at radius 2 is 1.88 bits per heavy atom. The van der Waals surface area contributed by atoms with Gasteiger partial charge in [0.1, 0.15) is 5.75 Å². The lowest BCUT2D eigenvalue weighted by atomic mass is 9.94. The van der Waals surface area contributed by atoms with Crippen LogP contribution in [0.3, 0.4) is 0 Å². The molecule has 0 bridgehead atoms. The lowest BCUT2D eigenvalue weighted by Crippen LogP contribution is -2.70. The van der Waals surface area contributed by atoms with Gasteiger partial charge in [-0.2, -0.15) is 0 Å². The molecule has 1 aliphatic heterocycles. The van der Waals surface area contributed by atoms with Crippen molar-refractivity contribution in [1.29, 1.82) is 0 Å². The number of ether oxygens (including phenoxy) is 1. The van der Waals surface area contributed by atoms with E-state index in [-0.39, 0.29) is 19.0 Å². The highest BCUT2D eigenvalue weighted by atomic mass is 16.5. The van der Waals surface area contributed by atoms with Gasteiger partial charge in [-0.1, -0.05) is 18.2 Å². The van der Waals surface area contributed by atoms with E-state index in [9.17, 15) is 14.7 Å². The lowest BCUT2D eigenvalue weighted by molar-refractivity contribution is -0.176. The second kappa shape index (κ2) is 4.08. The quantitative estimate of drug-likeness (QED) is 0.839. The Kier molecular flexibility index (Phi) is 2.75. The minimum atomic E-state index is -1.30. The van der Waals surface area contributed by atoms with Gasteiger partial charge in [-0.05, 0) is 12.1 Å². The first-order valence-electron chi connectivity index (χ1n) is 5.26. The second-order valence-electron chi connectivity index (χ2n) is 4.09. The molecule has 1 heterocycles. The number of hydrogen-bond acceptors (Lipinski definition) is 3. The van der Waals surface area contributed by atoms with Gasteiger partial charge in [-0.15, -0.1) is 0 Å². The maximum atomic E-state index is 11.2. The molecule has 1 amide bonds. The van der Waals surface area contributed by atoms with Gasteiger partial charge >= 0.3 is 5.97 Å². The maximum absolute atomic E-state index is 11.2. The predicted octanol–water partition coefficient (Wildman–Crippen LogP) is 0.751. The highest BCUT2D eigenvalue weighted by molar-refractivity contribution is 5.84. The third kappa shape index (κ3) is 2.08. The Morgan fingerprint density at radius 1 is 1.29 bits per heavy atom. The summed E-state index contributed by atoms with van der Waals surface area (Å²) in [6, 6.07) is 8.75. The van der Waals surface area contributed by atoms with Crippen LogP contribution >= 0.6 is 0 Å². The zero-order valence-corrected chi connectivity index (χ0v) is 9.42. The van der Waals surface area contributed by atoms with Gasteiger partial charge < -0.3 is 14.7 Å². The minimum Gasteiger partial charge on any atom is -0.478 e. The number of carboxylic acid groups (broad SMARTS) is 1. The fraction of sp³-hybridized carbons (Fsp3) is 0.333. The number of amides is 1. The molecule has 1 saturated heterocycles. The van der Waals surface area contributed by atoms with Crippen LogP contribution in [0.4, 0.5) is 0 Å². The van der Waals surface area contributed by atoms with Gasteiger partial charge in [-0.25, -0.2) is 4.79 Å². The minimum absolute atomic E-state index is 0.0898. The van der Waals surface area contributed by atoms with Crippen molar-refractivity contribution in [2.24, 2.45) is 0 Å². The number of likely N-dealkylation sites (tertiary alicyclic amines) is 1. The molecule has 0 aromatic heterocycles. The van der Waals surface area contributed by atoms with Crippen LogP contribution in [0.25, 0.3) is 0 Å². The van der Waals surface area contributed by atoms with E-state index in [1.807, 2.05) is 6.07 Å². The van der Waals surface area contributed by atoms with E-state index in [2.05, 4.69) is 0 Å². The average Bonchev–Trinajstić information content (AvgIpc) is 2.23. The average molecular weight is 235 g/mol. The molecule has 0 radical (unpaired) electrons. The van der Waals surface area contributed by atoms with E-state index in [1.54, 1.807) is 24.3 Å². The number of aliphatic carboxylic acids is 1. The first-order chi connectivity index (χ1) is 8.03. The van der Waals surface area contributed by atoms with Crippen LogP contribution < -0.4 is 4.74 Å². The Morgan fingerprint density at radius 3 is 2.35 bits per heavy atom. The highest BCUT2D eigenvalue weighted by Gasteiger charge is 2.53. The molecule has 0 spiro atoms. The van der Waals surface area contributed by atoms with Crippen molar-refractivity contribution >= 4 is 11.9 Å². The number of rotatable bonds is 3. The summed E-state index contributed by atoms with van der Waals surface area (Å²) >= 11 is 0. The van der Waals surface area contributed by atoms with E-state index in [4.69, 9.17) is 4.74 Å². The number of para-hydroxylation sites is 1. The molecule has 90 valence electrons. The van der Waals surface area contributed by atoms with Gasteiger partial charge in [0, 0.05) is 6.92 Å². The monoisotopic (exact) mass is 235 g/mol. The molecule has 0 atom stereocenters. The molecule has 1 aromatic rings. The Labute approximate surface area is 98.6 Å². The Balaban J connectivity index is 2.11. The van der Waals surface area contributed by atoms with Crippen molar-refractivity contribution in [2.75, 3.05) is 13.1 Å². The summed E-state index contributed by atoms with van der Waals surface area (Å²) in [5, 5.41) is 9.18. The molecule has 5 heteroatoms. The normalized spacial score (nSPS) is 17.1. The van der Waals surface area contributed by atoms with Crippen molar-refractivity contribution < 1.29 is 19.4 Å². The smallest absolute Gasteiger partial charge is 0.351 e. The van der Waals surface area contributed by atoms with E-state index >= 15 is 0 Å². The van der Waals surface area contributed by atoms with Crippen molar-refractivity contribution in [1.82, 2.24) is 4.90 Å². The Bertz CT molecular complexity index is 437. The van der Waals surface area contributed by atoms with Gasteiger partial charge in [0.05, 0.1) is 13.1 Å². The molecule has 1 aliphatic rings.